The van der Waals surface area contributed by atoms with E-state index in [9.17, 15) is 4.79 Å². The highest BCUT2D eigenvalue weighted by molar-refractivity contribution is 7.09. The average molecular weight is 303 g/mol. The summed E-state index contributed by atoms with van der Waals surface area (Å²) in [4.78, 5) is 16.3. The predicted molar refractivity (Wildman–Crippen MR) is 88.1 cm³/mol. The quantitative estimate of drug-likeness (QED) is 0.825. The van der Waals surface area contributed by atoms with Crippen LogP contribution in [0.2, 0.25) is 0 Å². The van der Waals surface area contributed by atoms with E-state index in [1.54, 1.807) is 17.5 Å². The zero-order valence-electron chi connectivity index (χ0n) is 12.5. The van der Waals surface area contributed by atoms with Gasteiger partial charge in [-0.25, -0.2) is 4.98 Å². The van der Waals surface area contributed by atoms with Crippen LogP contribution in [0.3, 0.4) is 0 Å². The van der Waals surface area contributed by atoms with Gasteiger partial charge in [-0.3, -0.25) is 4.79 Å². The molecular weight excluding hydrogens is 282 g/mol. The third-order valence-electron chi connectivity index (χ3n) is 3.16. The van der Waals surface area contributed by atoms with Crippen molar-refractivity contribution in [1.29, 1.82) is 0 Å². The molecule has 0 saturated carbocycles. The Morgan fingerprint density at radius 3 is 2.86 bits per heavy atom. The summed E-state index contributed by atoms with van der Waals surface area (Å²) in [7, 11) is 0. The van der Waals surface area contributed by atoms with Crippen molar-refractivity contribution in [3.63, 3.8) is 0 Å². The number of aryl methyl sites for hydroxylation is 1. The Kier molecular flexibility index (Phi) is 5.75. The number of hydrogen-bond donors (Lipinski definition) is 2. The van der Waals surface area contributed by atoms with E-state index in [1.165, 1.54) is 0 Å². The zero-order chi connectivity index (χ0) is 15.1. The molecule has 2 aromatic rings. The minimum atomic E-state index is -0.0308. The van der Waals surface area contributed by atoms with Crippen LogP contribution in [-0.4, -0.2) is 24.0 Å². The number of rotatable bonds is 7. The van der Waals surface area contributed by atoms with Crippen molar-refractivity contribution in [2.75, 3.05) is 18.4 Å². The third-order valence-corrected chi connectivity index (χ3v) is 4.00. The number of nitrogens with one attached hydrogen (secondary N) is 2. The van der Waals surface area contributed by atoms with Gasteiger partial charge in [0.25, 0.3) is 5.91 Å². The SMILES string of the molecule is CCCNc1ccc(C(=O)NCCc2nccs2)cc1C. The molecule has 0 radical (unpaired) electrons. The van der Waals surface area contributed by atoms with Crippen molar-refractivity contribution in [1.82, 2.24) is 10.3 Å². The number of carbonyl (C=O) groups excluding carboxylic acids is 1. The Morgan fingerprint density at radius 1 is 1.33 bits per heavy atom. The molecule has 1 amide bonds. The fourth-order valence-corrected chi connectivity index (χ4v) is 2.64. The Balaban J connectivity index is 1.88. The molecule has 112 valence electrons. The number of amides is 1. The number of hydrogen-bond acceptors (Lipinski definition) is 4. The summed E-state index contributed by atoms with van der Waals surface area (Å²) < 4.78 is 0. The molecule has 1 aromatic heterocycles. The lowest BCUT2D eigenvalue weighted by atomic mass is 10.1. The van der Waals surface area contributed by atoms with Gasteiger partial charge in [0.2, 0.25) is 0 Å². The Labute approximate surface area is 129 Å². The van der Waals surface area contributed by atoms with E-state index < -0.39 is 0 Å². The average Bonchev–Trinajstić information content (AvgIpc) is 2.99. The molecular formula is C16H21N3OS. The first-order valence-electron chi connectivity index (χ1n) is 7.21. The van der Waals surface area contributed by atoms with E-state index in [0.717, 1.165) is 35.6 Å². The summed E-state index contributed by atoms with van der Waals surface area (Å²) in [6.45, 7) is 5.71. The topological polar surface area (TPSA) is 54.0 Å². The molecule has 0 spiro atoms. The fourth-order valence-electron chi connectivity index (χ4n) is 2.02. The van der Waals surface area contributed by atoms with E-state index in [-0.39, 0.29) is 5.91 Å². The van der Waals surface area contributed by atoms with Gasteiger partial charge >= 0.3 is 0 Å². The van der Waals surface area contributed by atoms with Crippen LogP contribution in [0, 0.1) is 6.92 Å². The van der Waals surface area contributed by atoms with E-state index in [1.807, 2.05) is 30.5 Å². The van der Waals surface area contributed by atoms with Crippen LogP contribution >= 0.6 is 11.3 Å². The van der Waals surface area contributed by atoms with Crippen LogP contribution in [0.15, 0.2) is 29.8 Å². The minimum absolute atomic E-state index is 0.0308. The van der Waals surface area contributed by atoms with Crippen LogP contribution < -0.4 is 10.6 Å². The highest BCUT2D eigenvalue weighted by Crippen LogP contribution is 2.16. The maximum Gasteiger partial charge on any atom is 0.251 e. The summed E-state index contributed by atoms with van der Waals surface area (Å²) in [5.41, 5.74) is 2.89. The third kappa shape index (κ3) is 4.56. The molecule has 0 aliphatic carbocycles. The molecule has 0 bridgehead atoms. The molecule has 0 aliphatic rings. The summed E-state index contributed by atoms with van der Waals surface area (Å²) in [6, 6.07) is 5.77. The van der Waals surface area contributed by atoms with Crippen molar-refractivity contribution in [2.24, 2.45) is 0 Å². The zero-order valence-corrected chi connectivity index (χ0v) is 13.3. The molecule has 0 saturated heterocycles. The van der Waals surface area contributed by atoms with Crippen molar-refractivity contribution in [3.05, 3.63) is 45.9 Å². The number of nitrogens with zero attached hydrogens (tertiary/aromatic N) is 1. The van der Waals surface area contributed by atoms with Crippen LogP contribution in [0.5, 0.6) is 0 Å². The molecule has 21 heavy (non-hydrogen) atoms. The predicted octanol–water partition coefficient (Wildman–Crippen LogP) is 3.25. The van der Waals surface area contributed by atoms with E-state index in [0.29, 0.717) is 12.1 Å². The van der Waals surface area contributed by atoms with Gasteiger partial charge in [-0.15, -0.1) is 11.3 Å². The molecule has 0 atom stereocenters. The first-order valence-corrected chi connectivity index (χ1v) is 8.09. The van der Waals surface area contributed by atoms with Gasteiger partial charge in [-0.05, 0) is 37.1 Å². The van der Waals surface area contributed by atoms with Gasteiger partial charge in [-0.1, -0.05) is 6.92 Å². The lowest BCUT2D eigenvalue weighted by molar-refractivity contribution is 0.0954. The molecule has 2 rings (SSSR count). The smallest absolute Gasteiger partial charge is 0.251 e. The largest absolute Gasteiger partial charge is 0.385 e. The van der Waals surface area contributed by atoms with Crippen LogP contribution in [0.4, 0.5) is 5.69 Å². The first kappa shape index (κ1) is 15.5. The second-order valence-electron chi connectivity index (χ2n) is 4.89. The monoisotopic (exact) mass is 303 g/mol. The van der Waals surface area contributed by atoms with Gasteiger partial charge in [-0.2, -0.15) is 0 Å². The van der Waals surface area contributed by atoms with E-state index >= 15 is 0 Å². The molecule has 0 aliphatic heterocycles. The molecule has 1 heterocycles. The van der Waals surface area contributed by atoms with E-state index in [2.05, 4.69) is 22.5 Å². The van der Waals surface area contributed by atoms with Crippen molar-refractivity contribution >= 4 is 22.9 Å². The van der Waals surface area contributed by atoms with Crippen LogP contribution in [-0.2, 0) is 6.42 Å². The Hall–Kier alpha value is -1.88. The number of carbonyl (C=O) groups is 1. The lowest BCUT2D eigenvalue weighted by Crippen LogP contribution is -2.25. The van der Waals surface area contributed by atoms with Crippen molar-refractivity contribution in [2.45, 2.75) is 26.7 Å². The van der Waals surface area contributed by atoms with Gasteiger partial charge < -0.3 is 10.6 Å². The molecule has 4 nitrogen and oxygen atoms in total. The Bertz CT molecular complexity index is 581. The summed E-state index contributed by atoms with van der Waals surface area (Å²) >= 11 is 1.61. The number of benzene rings is 1. The maximum atomic E-state index is 12.1. The van der Waals surface area contributed by atoms with Gasteiger partial charge in [0, 0.05) is 42.3 Å². The second-order valence-corrected chi connectivity index (χ2v) is 5.87. The van der Waals surface area contributed by atoms with Crippen LogP contribution in [0.1, 0.15) is 34.3 Å². The maximum absolute atomic E-state index is 12.1. The highest BCUT2D eigenvalue weighted by Gasteiger charge is 2.07. The molecule has 0 unspecified atom stereocenters. The molecule has 1 aromatic carbocycles. The second kappa shape index (κ2) is 7.78. The summed E-state index contributed by atoms with van der Waals surface area (Å²) in [5.74, 6) is -0.0308. The highest BCUT2D eigenvalue weighted by atomic mass is 32.1. The summed E-state index contributed by atoms with van der Waals surface area (Å²) in [6.07, 6.45) is 3.64. The van der Waals surface area contributed by atoms with Gasteiger partial charge in [0.05, 0.1) is 5.01 Å². The number of aromatic nitrogens is 1. The lowest BCUT2D eigenvalue weighted by Gasteiger charge is -2.10. The van der Waals surface area contributed by atoms with Gasteiger partial charge in [0.15, 0.2) is 0 Å². The number of thiazole rings is 1. The minimum Gasteiger partial charge on any atom is -0.385 e. The van der Waals surface area contributed by atoms with Crippen molar-refractivity contribution < 1.29 is 4.79 Å². The summed E-state index contributed by atoms with van der Waals surface area (Å²) in [5, 5.41) is 9.28. The number of anilines is 1. The standard InChI is InChI=1S/C16H21N3OS/c1-3-7-17-14-5-4-13(11-12(14)2)16(20)19-8-6-15-18-9-10-21-15/h4-5,9-11,17H,3,6-8H2,1-2H3,(H,19,20). The molecule has 5 heteroatoms. The molecule has 2 N–H and O–H groups in total. The Morgan fingerprint density at radius 2 is 2.19 bits per heavy atom. The first-order chi connectivity index (χ1) is 10.2. The van der Waals surface area contributed by atoms with Crippen molar-refractivity contribution in [3.8, 4) is 0 Å². The molecule has 0 fully saturated rings. The van der Waals surface area contributed by atoms with Gasteiger partial charge in [0.1, 0.15) is 0 Å². The normalized spacial score (nSPS) is 10.4. The van der Waals surface area contributed by atoms with E-state index in [4.69, 9.17) is 0 Å². The fraction of sp³-hybridized carbons (Fsp3) is 0.375. The van der Waals surface area contributed by atoms with Crippen LogP contribution in [0.25, 0.3) is 0 Å².